The molecule has 1 aromatic rings. The fourth-order valence-corrected chi connectivity index (χ4v) is 4.33. The molecule has 5 nitrogen and oxygen atoms in total. The van der Waals surface area contributed by atoms with Crippen molar-refractivity contribution in [3.05, 3.63) is 22.8 Å². The quantitative estimate of drug-likeness (QED) is 0.781. The van der Waals surface area contributed by atoms with Crippen molar-refractivity contribution >= 4 is 15.7 Å². The molecule has 0 aliphatic rings. The van der Waals surface area contributed by atoms with Gasteiger partial charge in [0.1, 0.15) is 0 Å². The Morgan fingerprint density at radius 3 is 2.35 bits per heavy atom. The van der Waals surface area contributed by atoms with Gasteiger partial charge in [0.05, 0.1) is 4.90 Å². The van der Waals surface area contributed by atoms with E-state index in [0.29, 0.717) is 41.2 Å². The predicted molar refractivity (Wildman–Crippen MR) is 81.2 cm³/mol. The van der Waals surface area contributed by atoms with Crippen LogP contribution in [0.2, 0.25) is 0 Å². The molecule has 114 valence electrons. The Hall–Kier alpha value is -1.11. The minimum absolute atomic E-state index is 0.0278. The standard InChI is InChI=1S/C14H24N2O3S/c1-5-16(7-6-8-17)20(18,19)14-11(3)9-10(2)13(15)12(14)4/h9,17H,5-8,15H2,1-4H3. The average molecular weight is 300 g/mol. The van der Waals surface area contributed by atoms with Crippen LogP contribution in [0.15, 0.2) is 11.0 Å². The average Bonchev–Trinajstić information content (AvgIpc) is 2.36. The maximum absolute atomic E-state index is 12.8. The van der Waals surface area contributed by atoms with Gasteiger partial charge in [0, 0.05) is 25.4 Å². The van der Waals surface area contributed by atoms with Crippen molar-refractivity contribution in [2.75, 3.05) is 25.4 Å². The van der Waals surface area contributed by atoms with E-state index < -0.39 is 10.0 Å². The lowest BCUT2D eigenvalue weighted by molar-refractivity contribution is 0.271. The number of aryl methyl sites for hydroxylation is 2. The van der Waals surface area contributed by atoms with Crippen LogP contribution < -0.4 is 5.73 Å². The van der Waals surface area contributed by atoms with E-state index in [0.717, 1.165) is 5.56 Å². The van der Waals surface area contributed by atoms with Crippen LogP contribution >= 0.6 is 0 Å². The van der Waals surface area contributed by atoms with E-state index >= 15 is 0 Å². The zero-order valence-corrected chi connectivity index (χ0v) is 13.4. The minimum atomic E-state index is -3.58. The first-order valence-corrected chi connectivity index (χ1v) is 8.18. The first kappa shape index (κ1) is 16.9. The predicted octanol–water partition coefficient (Wildman–Crippen LogP) is 1.59. The summed E-state index contributed by atoms with van der Waals surface area (Å²) in [5.74, 6) is 0. The lowest BCUT2D eigenvalue weighted by Crippen LogP contribution is -2.33. The molecule has 1 aromatic carbocycles. The zero-order valence-electron chi connectivity index (χ0n) is 12.6. The summed E-state index contributed by atoms with van der Waals surface area (Å²) in [5.41, 5.74) is 8.68. The third kappa shape index (κ3) is 3.13. The highest BCUT2D eigenvalue weighted by Crippen LogP contribution is 2.30. The van der Waals surface area contributed by atoms with E-state index in [9.17, 15) is 8.42 Å². The first-order valence-electron chi connectivity index (χ1n) is 6.74. The van der Waals surface area contributed by atoms with Gasteiger partial charge in [-0.25, -0.2) is 8.42 Å². The molecular formula is C14H24N2O3S. The summed E-state index contributed by atoms with van der Waals surface area (Å²) in [6.07, 6.45) is 0.423. The number of nitrogens with zero attached hydrogens (tertiary/aromatic N) is 1. The number of aliphatic hydroxyl groups is 1. The highest BCUT2D eigenvalue weighted by Gasteiger charge is 2.27. The van der Waals surface area contributed by atoms with Gasteiger partial charge in [-0.2, -0.15) is 4.31 Å². The smallest absolute Gasteiger partial charge is 0.243 e. The molecule has 0 aliphatic carbocycles. The van der Waals surface area contributed by atoms with E-state index in [4.69, 9.17) is 10.8 Å². The number of aliphatic hydroxyl groups excluding tert-OH is 1. The van der Waals surface area contributed by atoms with Crippen molar-refractivity contribution in [3.63, 3.8) is 0 Å². The van der Waals surface area contributed by atoms with Crippen LogP contribution in [0.4, 0.5) is 5.69 Å². The highest BCUT2D eigenvalue weighted by atomic mass is 32.2. The largest absolute Gasteiger partial charge is 0.398 e. The fraction of sp³-hybridized carbons (Fsp3) is 0.571. The molecule has 0 spiro atoms. The Morgan fingerprint density at radius 2 is 1.85 bits per heavy atom. The summed E-state index contributed by atoms with van der Waals surface area (Å²) in [4.78, 5) is 0.292. The number of sulfonamides is 1. The van der Waals surface area contributed by atoms with Crippen molar-refractivity contribution in [1.82, 2.24) is 4.31 Å². The Kier molecular flexibility index (Phi) is 5.56. The number of hydrogen-bond donors (Lipinski definition) is 2. The number of rotatable bonds is 6. The Bertz CT molecular complexity index is 583. The molecular weight excluding hydrogens is 276 g/mol. The topological polar surface area (TPSA) is 83.6 Å². The van der Waals surface area contributed by atoms with Crippen LogP contribution in [0.25, 0.3) is 0 Å². The molecule has 0 bridgehead atoms. The van der Waals surface area contributed by atoms with Gasteiger partial charge in [-0.1, -0.05) is 13.0 Å². The molecule has 0 aliphatic heterocycles. The van der Waals surface area contributed by atoms with Crippen LogP contribution in [0.1, 0.15) is 30.0 Å². The summed E-state index contributed by atoms with van der Waals surface area (Å²) in [7, 11) is -3.58. The lowest BCUT2D eigenvalue weighted by Gasteiger charge is -2.23. The third-order valence-electron chi connectivity index (χ3n) is 3.48. The monoisotopic (exact) mass is 300 g/mol. The van der Waals surface area contributed by atoms with Gasteiger partial charge in [0.2, 0.25) is 10.0 Å². The van der Waals surface area contributed by atoms with E-state index in [1.165, 1.54) is 4.31 Å². The Morgan fingerprint density at radius 1 is 1.25 bits per heavy atom. The van der Waals surface area contributed by atoms with E-state index in [1.54, 1.807) is 26.8 Å². The molecule has 0 fully saturated rings. The number of hydrogen-bond acceptors (Lipinski definition) is 4. The van der Waals surface area contributed by atoms with Crippen LogP contribution in [-0.4, -0.2) is 37.5 Å². The maximum Gasteiger partial charge on any atom is 0.243 e. The molecule has 20 heavy (non-hydrogen) atoms. The van der Waals surface area contributed by atoms with Gasteiger partial charge in [-0.3, -0.25) is 0 Å². The molecule has 6 heteroatoms. The second kappa shape index (κ2) is 6.56. The van der Waals surface area contributed by atoms with Crippen molar-refractivity contribution in [1.29, 1.82) is 0 Å². The van der Waals surface area contributed by atoms with Gasteiger partial charge in [-0.05, 0) is 43.9 Å². The van der Waals surface area contributed by atoms with E-state index in [2.05, 4.69) is 0 Å². The molecule has 3 N–H and O–H groups in total. The molecule has 0 unspecified atom stereocenters. The molecule has 0 aromatic heterocycles. The molecule has 0 saturated heterocycles. The normalized spacial score (nSPS) is 12.1. The first-order chi connectivity index (χ1) is 9.27. The molecule has 0 atom stereocenters. The third-order valence-corrected chi connectivity index (χ3v) is 5.74. The van der Waals surface area contributed by atoms with Crippen LogP contribution in [0.5, 0.6) is 0 Å². The minimum Gasteiger partial charge on any atom is -0.398 e. The SMILES string of the molecule is CCN(CCCO)S(=O)(=O)c1c(C)cc(C)c(N)c1C. The lowest BCUT2D eigenvalue weighted by atomic mass is 10.1. The zero-order chi connectivity index (χ0) is 15.5. The van der Waals surface area contributed by atoms with Gasteiger partial charge in [0.25, 0.3) is 0 Å². The van der Waals surface area contributed by atoms with Crippen molar-refractivity contribution < 1.29 is 13.5 Å². The number of benzene rings is 1. The maximum atomic E-state index is 12.8. The summed E-state index contributed by atoms with van der Waals surface area (Å²) in [6.45, 7) is 7.83. The van der Waals surface area contributed by atoms with Gasteiger partial charge >= 0.3 is 0 Å². The summed E-state index contributed by atoms with van der Waals surface area (Å²) in [6, 6.07) is 1.80. The van der Waals surface area contributed by atoms with Crippen LogP contribution in [-0.2, 0) is 10.0 Å². The van der Waals surface area contributed by atoms with Crippen molar-refractivity contribution in [2.45, 2.75) is 39.0 Å². The summed E-state index contributed by atoms with van der Waals surface area (Å²) >= 11 is 0. The number of nitrogens with two attached hydrogens (primary N) is 1. The van der Waals surface area contributed by atoms with Gasteiger partial charge < -0.3 is 10.8 Å². The van der Waals surface area contributed by atoms with Crippen LogP contribution in [0, 0.1) is 20.8 Å². The van der Waals surface area contributed by atoms with E-state index in [-0.39, 0.29) is 6.61 Å². The Labute approximate surface area is 121 Å². The second-order valence-electron chi connectivity index (χ2n) is 4.95. The number of anilines is 1. The fourth-order valence-electron chi connectivity index (χ4n) is 2.40. The Balaban J connectivity index is 3.38. The van der Waals surface area contributed by atoms with Gasteiger partial charge in [-0.15, -0.1) is 0 Å². The molecule has 0 amide bonds. The molecule has 0 saturated carbocycles. The van der Waals surface area contributed by atoms with Crippen molar-refractivity contribution in [2.24, 2.45) is 0 Å². The van der Waals surface area contributed by atoms with Crippen molar-refractivity contribution in [3.8, 4) is 0 Å². The molecule has 1 rings (SSSR count). The molecule has 0 heterocycles. The highest BCUT2D eigenvalue weighted by molar-refractivity contribution is 7.89. The number of nitrogen functional groups attached to an aromatic ring is 1. The molecule has 0 radical (unpaired) electrons. The van der Waals surface area contributed by atoms with Crippen LogP contribution in [0.3, 0.4) is 0 Å². The van der Waals surface area contributed by atoms with E-state index in [1.807, 2.05) is 6.92 Å². The van der Waals surface area contributed by atoms with Gasteiger partial charge in [0.15, 0.2) is 0 Å². The summed E-state index contributed by atoms with van der Waals surface area (Å²) in [5, 5.41) is 8.90. The second-order valence-corrected chi connectivity index (χ2v) is 6.83. The summed E-state index contributed by atoms with van der Waals surface area (Å²) < 4.78 is 26.9.